The fourth-order valence-corrected chi connectivity index (χ4v) is 4.08. The minimum absolute atomic E-state index is 0.0917. The molecule has 4 rings (SSSR count). The third-order valence-electron chi connectivity index (χ3n) is 5.55. The van der Waals surface area contributed by atoms with Crippen molar-refractivity contribution in [2.45, 2.75) is 6.42 Å². The number of rotatable bonds is 6. The largest absolute Gasteiger partial charge is 0.388 e. The van der Waals surface area contributed by atoms with Gasteiger partial charge in [0.1, 0.15) is 0 Å². The highest BCUT2D eigenvalue weighted by Crippen LogP contribution is 2.36. The van der Waals surface area contributed by atoms with E-state index in [1.165, 1.54) is 0 Å². The van der Waals surface area contributed by atoms with E-state index in [2.05, 4.69) is 27.5 Å². The summed E-state index contributed by atoms with van der Waals surface area (Å²) in [6.07, 6.45) is 0.981. The lowest BCUT2D eigenvalue weighted by molar-refractivity contribution is 0.0980. The molecule has 6 nitrogen and oxygen atoms in total. The van der Waals surface area contributed by atoms with Gasteiger partial charge in [0, 0.05) is 55.7 Å². The molecule has 1 heterocycles. The lowest BCUT2D eigenvalue weighted by Gasteiger charge is -2.23. The number of nitrogens with zero attached hydrogens (tertiary/aromatic N) is 2. The monoisotopic (exact) mass is 378 g/mol. The molecule has 0 radical (unpaired) electrons. The van der Waals surface area contributed by atoms with E-state index in [4.69, 9.17) is 0 Å². The van der Waals surface area contributed by atoms with Gasteiger partial charge in [0.05, 0.1) is 17.8 Å². The number of likely N-dealkylation sites (N-methyl/N-ethyl adjacent to an activating group) is 1. The molecule has 0 unspecified atom stereocenters. The fourth-order valence-electron chi connectivity index (χ4n) is 4.08. The fraction of sp³-hybridized carbons (Fsp3) is 0.364. The summed E-state index contributed by atoms with van der Waals surface area (Å²) in [6.45, 7) is 5.00. The van der Waals surface area contributed by atoms with Crippen LogP contribution in [-0.4, -0.2) is 68.3 Å². The van der Waals surface area contributed by atoms with Crippen molar-refractivity contribution in [3.8, 4) is 0 Å². The number of benzene rings is 2. The van der Waals surface area contributed by atoms with Crippen molar-refractivity contribution in [3.63, 3.8) is 0 Å². The maximum absolute atomic E-state index is 13.2. The van der Waals surface area contributed by atoms with Gasteiger partial charge in [-0.15, -0.1) is 0 Å². The van der Waals surface area contributed by atoms with Crippen molar-refractivity contribution in [1.29, 1.82) is 0 Å². The van der Waals surface area contributed by atoms with Crippen LogP contribution in [0.1, 0.15) is 38.3 Å². The van der Waals surface area contributed by atoms with Gasteiger partial charge >= 0.3 is 0 Å². The summed E-state index contributed by atoms with van der Waals surface area (Å²) >= 11 is 0. The molecular formula is C22H26N4O2. The minimum atomic E-state index is -0.0988. The highest BCUT2D eigenvalue weighted by molar-refractivity contribution is 6.31. The molecule has 2 aromatic rings. The SMILES string of the molecule is CNc1ccc(NCCCN2CCN(C)C2)c2c1C(=O)c1ccccc1C2=O. The van der Waals surface area contributed by atoms with Crippen LogP contribution in [0, 0.1) is 0 Å². The predicted octanol–water partition coefficient (Wildman–Crippen LogP) is 2.51. The lowest BCUT2D eigenvalue weighted by Crippen LogP contribution is -2.26. The summed E-state index contributed by atoms with van der Waals surface area (Å²) in [7, 11) is 3.91. The van der Waals surface area contributed by atoms with Crippen LogP contribution in [-0.2, 0) is 0 Å². The van der Waals surface area contributed by atoms with E-state index in [1.807, 2.05) is 12.1 Å². The second-order valence-corrected chi connectivity index (χ2v) is 7.48. The molecule has 0 spiro atoms. The van der Waals surface area contributed by atoms with E-state index in [1.54, 1.807) is 31.3 Å². The van der Waals surface area contributed by atoms with Crippen molar-refractivity contribution in [3.05, 3.63) is 58.7 Å². The van der Waals surface area contributed by atoms with Crippen LogP contribution in [0.25, 0.3) is 0 Å². The number of nitrogens with one attached hydrogen (secondary N) is 2. The van der Waals surface area contributed by atoms with Crippen LogP contribution in [0.3, 0.4) is 0 Å². The smallest absolute Gasteiger partial charge is 0.196 e. The van der Waals surface area contributed by atoms with Crippen LogP contribution in [0.2, 0.25) is 0 Å². The zero-order valence-corrected chi connectivity index (χ0v) is 16.4. The number of hydrogen-bond acceptors (Lipinski definition) is 6. The number of ketones is 2. The van der Waals surface area contributed by atoms with Crippen LogP contribution >= 0.6 is 0 Å². The second-order valence-electron chi connectivity index (χ2n) is 7.48. The van der Waals surface area contributed by atoms with E-state index in [0.717, 1.165) is 45.0 Å². The summed E-state index contributed by atoms with van der Waals surface area (Å²) in [6, 6.07) is 10.8. The molecular weight excluding hydrogens is 352 g/mol. The van der Waals surface area contributed by atoms with E-state index in [0.29, 0.717) is 27.9 Å². The molecule has 146 valence electrons. The Balaban J connectivity index is 1.56. The van der Waals surface area contributed by atoms with Gasteiger partial charge in [-0.3, -0.25) is 19.4 Å². The van der Waals surface area contributed by atoms with E-state index >= 15 is 0 Å². The quantitative estimate of drug-likeness (QED) is 0.643. The second kappa shape index (κ2) is 7.73. The first-order chi connectivity index (χ1) is 13.6. The standard InChI is InChI=1S/C22H26N4O2/c1-23-17-8-9-18(24-10-5-11-26-13-12-25(2)14-26)20-19(17)21(27)15-6-3-4-7-16(15)22(20)28/h3-4,6-9,23-24H,5,10-14H2,1-2H3. The molecule has 1 fully saturated rings. The Kier molecular flexibility index (Phi) is 5.15. The summed E-state index contributed by atoms with van der Waals surface area (Å²) in [5.74, 6) is -0.190. The Bertz CT molecular complexity index is 925. The van der Waals surface area contributed by atoms with E-state index < -0.39 is 0 Å². The summed E-state index contributed by atoms with van der Waals surface area (Å²) in [4.78, 5) is 31.0. The molecule has 0 atom stereocenters. The maximum Gasteiger partial charge on any atom is 0.196 e. The Morgan fingerprint density at radius 3 is 2.18 bits per heavy atom. The van der Waals surface area contributed by atoms with Crippen molar-refractivity contribution >= 4 is 22.9 Å². The highest BCUT2D eigenvalue weighted by atomic mass is 16.1. The third-order valence-corrected chi connectivity index (χ3v) is 5.55. The summed E-state index contributed by atoms with van der Waals surface area (Å²) in [5, 5.41) is 6.46. The van der Waals surface area contributed by atoms with Crippen molar-refractivity contribution in [2.24, 2.45) is 0 Å². The summed E-state index contributed by atoms with van der Waals surface area (Å²) in [5.41, 5.74) is 3.34. The topological polar surface area (TPSA) is 64.7 Å². The maximum atomic E-state index is 13.2. The first kappa shape index (κ1) is 18.7. The van der Waals surface area contributed by atoms with Crippen LogP contribution in [0.15, 0.2) is 36.4 Å². The van der Waals surface area contributed by atoms with Crippen LogP contribution < -0.4 is 10.6 Å². The van der Waals surface area contributed by atoms with Crippen LogP contribution in [0.5, 0.6) is 0 Å². The number of anilines is 2. The van der Waals surface area contributed by atoms with E-state index in [9.17, 15) is 9.59 Å². The number of hydrogen-bond donors (Lipinski definition) is 2. The molecule has 1 aliphatic heterocycles. The molecule has 1 aliphatic carbocycles. The van der Waals surface area contributed by atoms with Crippen molar-refractivity contribution < 1.29 is 9.59 Å². The third kappa shape index (κ3) is 3.30. The predicted molar refractivity (Wildman–Crippen MR) is 111 cm³/mol. The van der Waals surface area contributed by atoms with Gasteiger partial charge in [-0.1, -0.05) is 24.3 Å². The summed E-state index contributed by atoms with van der Waals surface area (Å²) < 4.78 is 0. The number of carbonyl (C=O) groups is 2. The molecule has 2 aliphatic rings. The molecule has 0 amide bonds. The molecule has 6 heteroatoms. The zero-order chi connectivity index (χ0) is 19.7. The molecule has 0 aromatic heterocycles. The van der Waals surface area contributed by atoms with Gasteiger partial charge < -0.3 is 10.6 Å². The van der Waals surface area contributed by atoms with E-state index in [-0.39, 0.29) is 11.6 Å². The van der Waals surface area contributed by atoms with Crippen LogP contribution in [0.4, 0.5) is 11.4 Å². The normalized spacial score (nSPS) is 16.8. The van der Waals surface area contributed by atoms with Gasteiger partial charge in [-0.2, -0.15) is 0 Å². The molecule has 2 N–H and O–H groups in total. The highest BCUT2D eigenvalue weighted by Gasteiger charge is 2.33. The van der Waals surface area contributed by atoms with Gasteiger partial charge in [0.15, 0.2) is 11.6 Å². The Hall–Kier alpha value is -2.70. The molecule has 1 saturated heterocycles. The molecule has 2 aromatic carbocycles. The van der Waals surface area contributed by atoms with Crippen molar-refractivity contribution in [1.82, 2.24) is 9.80 Å². The lowest BCUT2D eigenvalue weighted by atomic mass is 9.82. The van der Waals surface area contributed by atoms with Gasteiger partial charge in [0.2, 0.25) is 0 Å². The Morgan fingerprint density at radius 1 is 0.929 bits per heavy atom. The molecule has 28 heavy (non-hydrogen) atoms. The Labute approximate surface area is 165 Å². The molecule has 0 saturated carbocycles. The first-order valence-electron chi connectivity index (χ1n) is 9.78. The number of carbonyl (C=O) groups excluding carboxylic acids is 2. The van der Waals surface area contributed by atoms with Gasteiger partial charge in [-0.05, 0) is 25.6 Å². The molecule has 0 bridgehead atoms. The van der Waals surface area contributed by atoms with Crippen molar-refractivity contribution in [2.75, 3.05) is 57.6 Å². The average molecular weight is 378 g/mol. The number of fused-ring (bicyclic) bond motifs is 2. The van der Waals surface area contributed by atoms with Gasteiger partial charge in [0.25, 0.3) is 0 Å². The average Bonchev–Trinajstić information content (AvgIpc) is 3.14. The Morgan fingerprint density at radius 2 is 1.57 bits per heavy atom. The minimum Gasteiger partial charge on any atom is -0.388 e. The zero-order valence-electron chi connectivity index (χ0n) is 16.4. The first-order valence-corrected chi connectivity index (χ1v) is 9.78. The van der Waals surface area contributed by atoms with Gasteiger partial charge in [-0.25, -0.2) is 0 Å².